The summed E-state index contributed by atoms with van der Waals surface area (Å²) in [4.78, 5) is 1.47. The topological polar surface area (TPSA) is 52.9 Å². The van der Waals surface area contributed by atoms with Gasteiger partial charge in [0.05, 0.1) is 19.3 Å². The summed E-state index contributed by atoms with van der Waals surface area (Å²) in [5.41, 5.74) is 0. The summed E-state index contributed by atoms with van der Waals surface area (Å²) in [6.07, 6.45) is -7.43. The van der Waals surface area contributed by atoms with E-state index >= 15 is 0 Å². The van der Waals surface area contributed by atoms with E-state index in [1.807, 2.05) is 0 Å². The van der Waals surface area contributed by atoms with Gasteiger partial charge in [0.1, 0.15) is 0 Å². The Morgan fingerprint density at radius 2 is 2.12 bits per heavy atom. The molecule has 0 bridgehead atoms. The van der Waals surface area contributed by atoms with Gasteiger partial charge in [-0.15, -0.1) is 0 Å². The Morgan fingerprint density at radius 1 is 1.50 bits per heavy atom. The molecule has 0 aromatic carbocycles. The summed E-state index contributed by atoms with van der Waals surface area (Å²) in [5.74, 6) is 0. The monoisotopic (exact) mass is 243 g/mol. The van der Waals surface area contributed by atoms with Crippen molar-refractivity contribution in [1.29, 1.82) is 0 Å². The van der Waals surface area contributed by atoms with Gasteiger partial charge in [-0.2, -0.15) is 13.2 Å². The predicted molar refractivity (Wildman–Crippen MR) is 49.9 cm³/mol. The van der Waals surface area contributed by atoms with Crippen LogP contribution in [0.2, 0.25) is 0 Å². The smallest absolute Gasteiger partial charge is 0.394 e. The second-order valence-electron chi connectivity index (χ2n) is 4.00. The molecule has 16 heavy (non-hydrogen) atoms. The number of aliphatic hydroxyl groups excluding tert-OH is 2. The minimum absolute atomic E-state index is 0.195. The van der Waals surface area contributed by atoms with Gasteiger partial charge in [0.25, 0.3) is 0 Å². The number of hydrogen-bond acceptors (Lipinski definition) is 4. The molecule has 0 aromatic heterocycles. The first kappa shape index (κ1) is 13.7. The number of ether oxygens (including phenoxy) is 1. The molecule has 0 amide bonds. The van der Waals surface area contributed by atoms with Crippen LogP contribution in [-0.2, 0) is 4.74 Å². The lowest BCUT2D eigenvalue weighted by Gasteiger charge is -2.38. The van der Waals surface area contributed by atoms with Crippen molar-refractivity contribution in [3.8, 4) is 0 Å². The molecule has 0 saturated carbocycles. The van der Waals surface area contributed by atoms with Crippen LogP contribution < -0.4 is 0 Å². The molecular formula is C9H16F3NO3. The number of β-amino-alcohol motifs (C(OH)–C–C–N with tert-alkyl or cyclic N) is 1. The first-order chi connectivity index (χ1) is 7.34. The zero-order valence-corrected chi connectivity index (χ0v) is 8.94. The number of nitrogens with zero attached hydrogens (tertiary/aromatic N) is 1. The van der Waals surface area contributed by atoms with E-state index < -0.39 is 24.9 Å². The number of rotatable bonds is 3. The average molecular weight is 243 g/mol. The molecule has 1 saturated heterocycles. The highest BCUT2D eigenvalue weighted by molar-refractivity contribution is 4.81. The lowest BCUT2D eigenvalue weighted by atomic mass is 10.1. The summed E-state index contributed by atoms with van der Waals surface area (Å²) in [5, 5.41) is 17.8. The summed E-state index contributed by atoms with van der Waals surface area (Å²) in [7, 11) is 0. The molecular weight excluding hydrogens is 227 g/mol. The van der Waals surface area contributed by atoms with Crippen molar-refractivity contribution in [3.05, 3.63) is 0 Å². The van der Waals surface area contributed by atoms with E-state index in [4.69, 9.17) is 14.9 Å². The fourth-order valence-electron chi connectivity index (χ4n) is 1.57. The standard InChI is InChI=1S/C9H16F3NO3/c1-6-5-16-7(4-14)2-13(6)3-8(15)9(10,11)12/h6-8,14-15H,2-5H2,1H3. The summed E-state index contributed by atoms with van der Waals surface area (Å²) in [6.45, 7) is 1.47. The van der Waals surface area contributed by atoms with Gasteiger partial charge in [0.2, 0.25) is 0 Å². The van der Waals surface area contributed by atoms with Gasteiger partial charge in [0.15, 0.2) is 6.10 Å². The highest BCUT2D eigenvalue weighted by Gasteiger charge is 2.40. The minimum atomic E-state index is -4.60. The van der Waals surface area contributed by atoms with Crippen LogP contribution in [0, 0.1) is 0 Å². The highest BCUT2D eigenvalue weighted by atomic mass is 19.4. The van der Waals surface area contributed by atoms with E-state index in [9.17, 15) is 13.2 Å². The molecule has 0 radical (unpaired) electrons. The first-order valence-corrected chi connectivity index (χ1v) is 5.06. The summed E-state index contributed by atoms with van der Waals surface area (Å²) in [6, 6.07) is -0.195. The lowest BCUT2D eigenvalue weighted by Crippen LogP contribution is -2.53. The fraction of sp³-hybridized carbons (Fsp3) is 1.00. The van der Waals surface area contributed by atoms with Crippen LogP contribution in [0.25, 0.3) is 0 Å². The lowest BCUT2D eigenvalue weighted by molar-refractivity contribution is -0.214. The van der Waals surface area contributed by atoms with Gasteiger partial charge in [-0.25, -0.2) is 0 Å². The normalized spacial score (nSPS) is 30.4. The molecule has 0 aliphatic carbocycles. The second-order valence-corrected chi connectivity index (χ2v) is 4.00. The van der Waals surface area contributed by atoms with Gasteiger partial charge >= 0.3 is 6.18 Å². The Kier molecular flexibility index (Phi) is 4.54. The zero-order chi connectivity index (χ0) is 12.3. The van der Waals surface area contributed by atoms with Crippen molar-refractivity contribution < 1.29 is 28.1 Å². The number of morpholine rings is 1. The zero-order valence-electron chi connectivity index (χ0n) is 8.94. The van der Waals surface area contributed by atoms with E-state index in [1.54, 1.807) is 6.92 Å². The third-order valence-corrected chi connectivity index (χ3v) is 2.62. The van der Waals surface area contributed by atoms with Crippen LogP contribution in [0.15, 0.2) is 0 Å². The third-order valence-electron chi connectivity index (χ3n) is 2.62. The van der Waals surface area contributed by atoms with Crippen LogP contribution in [0.3, 0.4) is 0 Å². The molecule has 2 N–H and O–H groups in total. The van der Waals surface area contributed by atoms with Gasteiger partial charge < -0.3 is 14.9 Å². The maximum atomic E-state index is 12.2. The molecule has 3 unspecified atom stereocenters. The van der Waals surface area contributed by atoms with Crippen LogP contribution in [0.5, 0.6) is 0 Å². The molecule has 1 heterocycles. The summed E-state index contributed by atoms with van der Waals surface area (Å²) >= 11 is 0. The largest absolute Gasteiger partial charge is 0.415 e. The molecule has 96 valence electrons. The van der Waals surface area contributed by atoms with Crippen molar-refractivity contribution in [2.45, 2.75) is 31.3 Å². The van der Waals surface area contributed by atoms with Crippen LogP contribution >= 0.6 is 0 Å². The van der Waals surface area contributed by atoms with E-state index in [2.05, 4.69) is 0 Å². The molecule has 1 fully saturated rings. The quantitative estimate of drug-likeness (QED) is 0.732. The number of alkyl halides is 3. The van der Waals surface area contributed by atoms with Gasteiger partial charge in [-0.1, -0.05) is 0 Å². The third kappa shape index (κ3) is 3.58. The number of aliphatic hydroxyl groups is 2. The summed E-state index contributed by atoms with van der Waals surface area (Å²) < 4.78 is 41.6. The van der Waals surface area contributed by atoms with Gasteiger partial charge in [-0.3, -0.25) is 4.90 Å². The van der Waals surface area contributed by atoms with Crippen molar-refractivity contribution >= 4 is 0 Å². The van der Waals surface area contributed by atoms with Crippen molar-refractivity contribution in [3.63, 3.8) is 0 Å². The van der Waals surface area contributed by atoms with Crippen molar-refractivity contribution in [2.24, 2.45) is 0 Å². The van der Waals surface area contributed by atoms with Gasteiger partial charge in [-0.05, 0) is 6.92 Å². The van der Waals surface area contributed by atoms with Crippen LogP contribution in [0.1, 0.15) is 6.92 Å². The Balaban J connectivity index is 2.51. The molecule has 4 nitrogen and oxygen atoms in total. The highest BCUT2D eigenvalue weighted by Crippen LogP contribution is 2.22. The molecule has 1 aliphatic rings. The molecule has 1 aliphatic heterocycles. The Morgan fingerprint density at radius 3 is 2.62 bits per heavy atom. The van der Waals surface area contributed by atoms with Crippen molar-refractivity contribution in [1.82, 2.24) is 4.90 Å². The molecule has 0 aromatic rings. The van der Waals surface area contributed by atoms with E-state index in [1.165, 1.54) is 4.90 Å². The van der Waals surface area contributed by atoms with Crippen LogP contribution in [0.4, 0.5) is 13.2 Å². The van der Waals surface area contributed by atoms with E-state index in [-0.39, 0.29) is 25.8 Å². The van der Waals surface area contributed by atoms with Crippen molar-refractivity contribution in [2.75, 3.05) is 26.3 Å². The van der Waals surface area contributed by atoms with Crippen LogP contribution in [-0.4, -0.2) is 65.8 Å². The second kappa shape index (κ2) is 5.31. The Bertz CT molecular complexity index is 225. The molecule has 1 rings (SSSR count). The Labute approximate surface area is 91.6 Å². The Hall–Kier alpha value is -0.370. The maximum Gasteiger partial charge on any atom is 0.415 e. The molecule has 3 atom stereocenters. The minimum Gasteiger partial charge on any atom is -0.394 e. The molecule has 7 heteroatoms. The van der Waals surface area contributed by atoms with Gasteiger partial charge in [0, 0.05) is 19.1 Å². The predicted octanol–water partition coefficient (Wildman–Crippen LogP) is -0.00880. The number of halogens is 3. The number of hydrogen-bond donors (Lipinski definition) is 2. The SMILES string of the molecule is CC1COC(CO)CN1CC(O)C(F)(F)F. The maximum absolute atomic E-state index is 12.2. The average Bonchev–Trinajstić information content (AvgIpc) is 2.19. The molecule has 0 spiro atoms. The fourth-order valence-corrected chi connectivity index (χ4v) is 1.57. The van der Waals surface area contributed by atoms with E-state index in [0.29, 0.717) is 0 Å². The first-order valence-electron chi connectivity index (χ1n) is 5.06. The van der Waals surface area contributed by atoms with E-state index in [0.717, 1.165) is 0 Å².